The van der Waals surface area contributed by atoms with Crippen molar-refractivity contribution in [3.63, 3.8) is 0 Å². The molecule has 0 aromatic heterocycles. The van der Waals surface area contributed by atoms with Gasteiger partial charge in [0, 0.05) is 19.3 Å². The lowest BCUT2D eigenvalue weighted by Gasteiger charge is -1.89. The molecular weight excluding hydrogens is 192 g/mol. The van der Waals surface area contributed by atoms with Crippen LogP contribution in [0.2, 0.25) is 0 Å². The fourth-order valence-electron chi connectivity index (χ4n) is 0.391. The molecule has 0 aromatic rings. The second-order valence-electron chi connectivity index (χ2n) is 2.39. The molecule has 0 spiro atoms. The van der Waals surface area contributed by atoms with Gasteiger partial charge in [-0.2, -0.15) is 0 Å². The first-order valence-corrected chi connectivity index (χ1v) is 4.05. The Labute approximate surface area is 81.2 Å². The van der Waals surface area contributed by atoms with Crippen LogP contribution in [0.5, 0.6) is 0 Å². The van der Waals surface area contributed by atoms with Crippen molar-refractivity contribution in [3.8, 4) is 0 Å². The van der Waals surface area contributed by atoms with Crippen LogP contribution in [0.4, 0.5) is 0 Å². The molecule has 0 aliphatic carbocycles. The fourth-order valence-corrected chi connectivity index (χ4v) is 0.391. The molecule has 0 bridgehead atoms. The van der Waals surface area contributed by atoms with Gasteiger partial charge in [-0.05, 0) is 6.42 Å². The van der Waals surface area contributed by atoms with Gasteiger partial charge in [0.2, 0.25) is 0 Å². The summed E-state index contributed by atoms with van der Waals surface area (Å²) >= 11 is 0. The number of rotatable bonds is 5. The van der Waals surface area contributed by atoms with Gasteiger partial charge in [-0.3, -0.25) is 14.4 Å². The zero-order valence-corrected chi connectivity index (χ0v) is 7.89. The number of hydrogen-bond acceptors (Lipinski definition) is 3. The van der Waals surface area contributed by atoms with Gasteiger partial charge >= 0.3 is 17.9 Å². The Morgan fingerprint density at radius 2 is 1.14 bits per heavy atom. The molecule has 0 atom stereocenters. The first-order valence-electron chi connectivity index (χ1n) is 4.05. The molecule has 0 unspecified atom stereocenters. The highest BCUT2D eigenvalue weighted by atomic mass is 16.4. The van der Waals surface area contributed by atoms with Crippen LogP contribution in [0.1, 0.15) is 32.6 Å². The molecule has 0 saturated carbocycles. The van der Waals surface area contributed by atoms with E-state index in [0.29, 0.717) is 0 Å². The summed E-state index contributed by atoms with van der Waals surface area (Å²) in [5.41, 5.74) is 0. The van der Waals surface area contributed by atoms with Crippen molar-refractivity contribution < 1.29 is 29.7 Å². The number of carboxylic acid groups (broad SMARTS) is 3. The van der Waals surface area contributed by atoms with Crippen molar-refractivity contribution >= 4 is 17.9 Å². The van der Waals surface area contributed by atoms with Gasteiger partial charge in [-0.1, -0.05) is 6.92 Å². The predicted octanol–water partition coefficient (Wildman–Crippen LogP) is 0.807. The molecule has 0 aliphatic heterocycles. The lowest BCUT2D eigenvalue weighted by molar-refractivity contribution is -0.139. The Bertz CT molecular complexity index is 184. The minimum Gasteiger partial charge on any atom is -0.481 e. The molecule has 0 rings (SSSR count). The second-order valence-corrected chi connectivity index (χ2v) is 2.39. The molecule has 0 heterocycles. The Hall–Kier alpha value is -1.59. The standard InChI is InChI=1S/C5H8O4.C3H6O2/c6-4(7)2-1-3-5(8)9;1-2-3(4)5/h1-3H2,(H,6,7)(H,8,9);2H2,1H3,(H,4,5). The van der Waals surface area contributed by atoms with Gasteiger partial charge in [0.15, 0.2) is 0 Å². The minimum absolute atomic E-state index is 0.0632. The maximum absolute atomic E-state index is 9.79. The first-order chi connectivity index (χ1) is 6.40. The number of carbonyl (C=O) groups is 3. The largest absolute Gasteiger partial charge is 0.481 e. The summed E-state index contributed by atoms with van der Waals surface area (Å²) in [5, 5.41) is 23.8. The third-order valence-corrected chi connectivity index (χ3v) is 1.08. The smallest absolute Gasteiger partial charge is 0.303 e. The van der Waals surface area contributed by atoms with Crippen LogP contribution in [-0.4, -0.2) is 33.2 Å². The van der Waals surface area contributed by atoms with Crippen LogP contribution in [0.25, 0.3) is 0 Å². The van der Waals surface area contributed by atoms with Gasteiger partial charge in [-0.15, -0.1) is 0 Å². The Balaban J connectivity index is 0. The normalized spacial score (nSPS) is 8.36. The van der Waals surface area contributed by atoms with E-state index in [-0.39, 0.29) is 25.7 Å². The minimum atomic E-state index is -0.948. The molecule has 6 nitrogen and oxygen atoms in total. The van der Waals surface area contributed by atoms with Crippen LogP contribution in [0, 0.1) is 0 Å². The van der Waals surface area contributed by atoms with E-state index < -0.39 is 17.9 Å². The van der Waals surface area contributed by atoms with E-state index in [2.05, 4.69) is 0 Å². The van der Waals surface area contributed by atoms with Crippen LogP contribution in [0.3, 0.4) is 0 Å². The summed E-state index contributed by atoms with van der Waals surface area (Å²) in [6.45, 7) is 1.60. The monoisotopic (exact) mass is 206 g/mol. The molecule has 0 aromatic carbocycles. The van der Waals surface area contributed by atoms with Crippen molar-refractivity contribution in [3.05, 3.63) is 0 Å². The molecule has 0 fully saturated rings. The number of hydrogen-bond donors (Lipinski definition) is 3. The highest BCUT2D eigenvalue weighted by molar-refractivity contribution is 5.69. The maximum Gasteiger partial charge on any atom is 0.303 e. The van der Waals surface area contributed by atoms with E-state index in [1.807, 2.05) is 0 Å². The van der Waals surface area contributed by atoms with Crippen LogP contribution in [-0.2, 0) is 14.4 Å². The van der Waals surface area contributed by atoms with E-state index in [0.717, 1.165) is 0 Å². The van der Waals surface area contributed by atoms with Crippen molar-refractivity contribution in [1.82, 2.24) is 0 Å². The highest BCUT2D eigenvalue weighted by Gasteiger charge is 1.99. The van der Waals surface area contributed by atoms with E-state index in [1.165, 1.54) is 0 Å². The average Bonchev–Trinajstić information content (AvgIpc) is 2.04. The average molecular weight is 206 g/mol. The van der Waals surface area contributed by atoms with Crippen molar-refractivity contribution in [2.75, 3.05) is 0 Å². The Kier molecular flexibility index (Phi) is 10.1. The zero-order chi connectivity index (χ0) is 11.6. The lowest BCUT2D eigenvalue weighted by atomic mass is 10.2. The van der Waals surface area contributed by atoms with Gasteiger partial charge in [0.05, 0.1) is 0 Å². The summed E-state index contributed by atoms with van der Waals surface area (Å²) in [5.74, 6) is -2.64. The summed E-state index contributed by atoms with van der Waals surface area (Å²) in [6.07, 6.45) is 0.309. The maximum atomic E-state index is 9.79. The predicted molar refractivity (Wildman–Crippen MR) is 47.0 cm³/mol. The molecule has 3 N–H and O–H groups in total. The van der Waals surface area contributed by atoms with Crippen LogP contribution in [0.15, 0.2) is 0 Å². The fraction of sp³-hybridized carbons (Fsp3) is 0.625. The highest BCUT2D eigenvalue weighted by Crippen LogP contribution is 1.93. The third-order valence-electron chi connectivity index (χ3n) is 1.08. The van der Waals surface area contributed by atoms with E-state index in [4.69, 9.17) is 15.3 Å². The Morgan fingerprint density at radius 1 is 0.857 bits per heavy atom. The molecule has 0 radical (unpaired) electrons. The summed E-state index contributed by atoms with van der Waals surface area (Å²) < 4.78 is 0. The molecule has 0 aliphatic rings. The van der Waals surface area contributed by atoms with E-state index >= 15 is 0 Å². The van der Waals surface area contributed by atoms with Gasteiger partial charge in [0.25, 0.3) is 0 Å². The SMILES string of the molecule is CCC(=O)O.O=C(O)CCCC(=O)O. The summed E-state index contributed by atoms with van der Waals surface area (Å²) in [7, 11) is 0. The first kappa shape index (κ1) is 14.9. The van der Waals surface area contributed by atoms with Crippen LogP contribution < -0.4 is 0 Å². The number of carboxylic acids is 3. The van der Waals surface area contributed by atoms with E-state index in [9.17, 15) is 14.4 Å². The molecule has 0 amide bonds. The van der Waals surface area contributed by atoms with Gasteiger partial charge < -0.3 is 15.3 Å². The van der Waals surface area contributed by atoms with Gasteiger partial charge in [0.1, 0.15) is 0 Å². The third kappa shape index (κ3) is 22.4. The van der Waals surface area contributed by atoms with Crippen molar-refractivity contribution in [2.24, 2.45) is 0 Å². The summed E-state index contributed by atoms with van der Waals surface area (Å²) in [4.78, 5) is 28.9. The molecular formula is C8H14O6. The molecule has 14 heavy (non-hydrogen) atoms. The summed E-state index contributed by atoms with van der Waals surface area (Å²) in [6, 6.07) is 0. The van der Waals surface area contributed by atoms with Crippen molar-refractivity contribution in [1.29, 1.82) is 0 Å². The Morgan fingerprint density at radius 3 is 1.29 bits per heavy atom. The second kappa shape index (κ2) is 9.50. The molecule has 82 valence electrons. The quantitative estimate of drug-likeness (QED) is 0.613. The molecule has 6 heteroatoms. The van der Waals surface area contributed by atoms with Crippen molar-refractivity contribution in [2.45, 2.75) is 32.6 Å². The topological polar surface area (TPSA) is 112 Å². The zero-order valence-electron chi connectivity index (χ0n) is 7.89. The number of aliphatic carboxylic acids is 3. The lowest BCUT2D eigenvalue weighted by Crippen LogP contribution is -1.98. The van der Waals surface area contributed by atoms with Gasteiger partial charge in [-0.25, -0.2) is 0 Å². The van der Waals surface area contributed by atoms with E-state index in [1.54, 1.807) is 6.92 Å². The van der Waals surface area contributed by atoms with Crippen LogP contribution >= 0.6 is 0 Å². The molecule has 0 saturated heterocycles.